The second kappa shape index (κ2) is 8.27. The summed E-state index contributed by atoms with van der Waals surface area (Å²) in [5.41, 5.74) is 0.494. The third-order valence-electron chi connectivity index (χ3n) is 4.87. The van der Waals surface area contributed by atoms with E-state index in [1.807, 2.05) is 12.1 Å². The fourth-order valence-electron chi connectivity index (χ4n) is 3.39. The third kappa shape index (κ3) is 4.35. The Bertz CT molecular complexity index is 1010. The maximum absolute atomic E-state index is 13.7. The zero-order valence-corrected chi connectivity index (χ0v) is 16.3. The molecule has 2 aromatic carbocycles. The average molecular weight is 418 g/mol. The fourth-order valence-corrected chi connectivity index (χ4v) is 3.39. The van der Waals surface area contributed by atoms with Gasteiger partial charge in [-0.3, -0.25) is 0 Å². The lowest BCUT2D eigenvalue weighted by Gasteiger charge is -2.31. The van der Waals surface area contributed by atoms with Gasteiger partial charge in [0.2, 0.25) is 0 Å². The molecule has 2 heterocycles. The lowest BCUT2D eigenvalue weighted by atomic mass is 10.1. The maximum Gasteiger partial charge on any atom is 0.418 e. The summed E-state index contributed by atoms with van der Waals surface area (Å²) in [4.78, 5) is 5.87. The van der Waals surface area contributed by atoms with Crippen molar-refractivity contribution in [2.45, 2.75) is 6.18 Å². The number of oxazole rings is 1. The van der Waals surface area contributed by atoms with Crippen molar-refractivity contribution in [1.82, 2.24) is 10.3 Å². The molecule has 1 aliphatic heterocycles. The predicted octanol–water partition coefficient (Wildman–Crippen LogP) is 4.52. The highest BCUT2D eigenvalue weighted by molar-refractivity contribution is 5.66. The largest absolute Gasteiger partial charge is 0.497 e. The number of benzene rings is 2. The van der Waals surface area contributed by atoms with Crippen LogP contribution >= 0.6 is 0 Å². The van der Waals surface area contributed by atoms with Crippen LogP contribution in [0.25, 0.3) is 11.3 Å². The number of piperazine rings is 1. The molecule has 158 valence electrons. The number of halogens is 3. The number of nitrogens with zero attached hydrogens (tertiary/aromatic N) is 2. The highest BCUT2D eigenvalue weighted by Gasteiger charge is 2.35. The number of methoxy groups -OCH3 is 1. The van der Waals surface area contributed by atoms with Crippen LogP contribution < -0.4 is 20.3 Å². The van der Waals surface area contributed by atoms with Gasteiger partial charge in [-0.15, -0.1) is 0 Å². The van der Waals surface area contributed by atoms with E-state index < -0.39 is 11.7 Å². The second-order valence-corrected chi connectivity index (χ2v) is 6.85. The van der Waals surface area contributed by atoms with Crippen LogP contribution in [0.5, 0.6) is 5.75 Å². The van der Waals surface area contributed by atoms with Gasteiger partial charge in [0, 0.05) is 43.1 Å². The number of ether oxygens (including phenoxy) is 1. The molecular weight excluding hydrogens is 397 g/mol. The molecule has 4 rings (SSSR count). The molecule has 6 nitrogen and oxygen atoms in total. The topological polar surface area (TPSA) is 62.6 Å². The molecule has 9 heteroatoms. The Hall–Kier alpha value is -3.20. The van der Waals surface area contributed by atoms with Crippen molar-refractivity contribution in [3.63, 3.8) is 0 Å². The summed E-state index contributed by atoms with van der Waals surface area (Å²) in [7, 11) is 1.56. The highest BCUT2D eigenvalue weighted by Crippen LogP contribution is 2.39. The van der Waals surface area contributed by atoms with E-state index in [0.29, 0.717) is 37.7 Å². The molecule has 0 amide bonds. The van der Waals surface area contributed by atoms with Crippen LogP contribution in [0.4, 0.5) is 30.6 Å². The van der Waals surface area contributed by atoms with Gasteiger partial charge in [0.1, 0.15) is 5.75 Å². The Kier molecular flexibility index (Phi) is 5.54. The van der Waals surface area contributed by atoms with Crippen LogP contribution in [0.1, 0.15) is 5.56 Å². The summed E-state index contributed by atoms with van der Waals surface area (Å²) in [6, 6.07) is 11.5. The molecule has 1 saturated heterocycles. The van der Waals surface area contributed by atoms with Gasteiger partial charge < -0.3 is 24.7 Å². The number of alkyl halides is 3. The van der Waals surface area contributed by atoms with Crippen LogP contribution in [0.2, 0.25) is 0 Å². The van der Waals surface area contributed by atoms with Crippen LogP contribution in [0.3, 0.4) is 0 Å². The monoisotopic (exact) mass is 418 g/mol. The van der Waals surface area contributed by atoms with Crippen molar-refractivity contribution in [2.75, 3.05) is 43.5 Å². The summed E-state index contributed by atoms with van der Waals surface area (Å²) >= 11 is 0. The quantitative estimate of drug-likeness (QED) is 0.635. The molecule has 2 N–H and O–H groups in total. The lowest BCUT2D eigenvalue weighted by Crippen LogP contribution is -2.44. The number of aromatic nitrogens is 1. The van der Waals surface area contributed by atoms with Gasteiger partial charge in [0.05, 0.1) is 18.9 Å². The predicted molar refractivity (Wildman–Crippen MR) is 108 cm³/mol. The van der Waals surface area contributed by atoms with Crippen LogP contribution in [-0.4, -0.2) is 38.3 Å². The molecule has 0 atom stereocenters. The van der Waals surface area contributed by atoms with Crippen molar-refractivity contribution in [1.29, 1.82) is 0 Å². The van der Waals surface area contributed by atoms with Gasteiger partial charge in [0.25, 0.3) is 6.01 Å². The first-order valence-electron chi connectivity index (χ1n) is 9.48. The number of rotatable bonds is 5. The smallest absolute Gasteiger partial charge is 0.418 e. The Morgan fingerprint density at radius 2 is 1.93 bits per heavy atom. The maximum atomic E-state index is 13.7. The van der Waals surface area contributed by atoms with Crippen LogP contribution in [0.15, 0.2) is 53.1 Å². The zero-order valence-electron chi connectivity index (χ0n) is 16.3. The molecule has 1 fully saturated rings. The summed E-state index contributed by atoms with van der Waals surface area (Å²) in [5, 5.41) is 5.97. The number of hydrogen-bond donors (Lipinski definition) is 2. The van der Waals surface area contributed by atoms with E-state index in [2.05, 4.69) is 15.6 Å². The SMILES string of the molecule is COc1cccc(-c2cnc(Nc3ccc(N4CCNCC4)c(C(F)(F)F)c3)o2)c1. The van der Waals surface area contributed by atoms with E-state index in [-0.39, 0.29) is 17.4 Å². The molecule has 0 spiro atoms. The zero-order chi connectivity index (χ0) is 21.1. The standard InChI is InChI=1S/C21H21F3N4O2/c1-29-16-4-2-3-14(11-16)19-13-26-20(30-19)27-15-5-6-18(17(12-15)21(22,23)24)28-9-7-25-8-10-28/h2-6,11-13,25H,7-10H2,1H3,(H,26,27). The van der Waals surface area contributed by atoms with E-state index in [4.69, 9.17) is 9.15 Å². The second-order valence-electron chi connectivity index (χ2n) is 6.85. The summed E-state index contributed by atoms with van der Waals surface area (Å²) < 4.78 is 52.0. The Balaban J connectivity index is 1.58. The van der Waals surface area contributed by atoms with Gasteiger partial charge in [0.15, 0.2) is 5.76 Å². The summed E-state index contributed by atoms with van der Waals surface area (Å²) in [5.74, 6) is 1.14. The molecule has 0 bridgehead atoms. The van der Waals surface area contributed by atoms with Gasteiger partial charge in [-0.25, -0.2) is 4.98 Å². The first-order chi connectivity index (χ1) is 14.4. The van der Waals surface area contributed by atoms with Gasteiger partial charge >= 0.3 is 6.18 Å². The summed E-state index contributed by atoms with van der Waals surface area (Å²) in [6.07, 6.45) is -2.96. The van der Waals surface area contributed by atoms with E-state index in [1.54, 1.807) is 30.2 Å². The van der Waals surface area contributed by atoms with Gasteiger partial charge in [-0.2, -0.15) is 13.2 Å². The number of nitrogens with one attached hydrogen (secondary N) is 2. The van der Waals surface area contributed by atoms with E-state index in [9.17, 15) is 13.2 Å². The molecule has 0 radical (unpaired) electrons. The van der Waals surface area contributed by atoms with E-state index in [1.165, 1.54) is 12.3 Å². The molecular formula is C21H21F3N4O2. The summed E-state index contributed by atoms with van der Waals surface area (Å²) in [6.45, 7) is 2.36. The molecule has 0 saturated carbocycles. The highest BCUT2D eigenvalue weighted by atomic mass is 19.4. The van der Waals surface area contributed by atoms with Gasteiger partial charge in [-0.05, 0) is 30.3 Å². The van der Waals surface area contributed by atoms with Crippen LogP contribution in [0, 0.1) is 0 Å². The molecule has 1 aromatic heterocycles. The first kappa shape index (κ1) is 20.1. The Morgan fingerprint density at radius 3 is 2.67 bits per heavy atom. The minimum atomic E-state index is -4.47. The molecule has 1 aliphatic rings. The normalized spacial score (nSPS) is 14.6. The first-order valence-corrected chi connectivity index (χ1v) is 9.48. The number of hydrogen-bond acceptors (Lipinski definition) is 6. The van der Waals surface area contributed by atoms with Crippen molar-refractivity contribution in [3.8, 4) is 17.1 Å². The Morgan fingerprint density at radius 1 is 1.13 bits per heavy atom. The molecule has 3 aromatic rings. The number of anilines is 3. The minimum absolute atomic E-state index is 0.107. The Labute approximate surface area is 171 Å². The molecule has 30 heavy (non-hydrogen) atoms. The fraction of sp³-hybridized carbons (Fsp3) is 0.286. The van der Waals surface area contributed by atoms with Gasteiger partial charge in [-0.1, -0.05) is 12.1 Å². The molecule has 0 unspecified atom stereocenters. The van der Waals surface area contributed by atoms with Crippen molar-refractivity contribution < 1.29 is 22.3 Å². The average Bonchev–Trinajstić information content (AvgIpc) is 3.22. The lowest BCUT2D eigenvalue weighted by molar-refractivity contribution is -0.137. The third-order valence-corrected chi connectivity index (χ3v) is 4.87. The van der Waals surface area contributed by atoms with Crippen molar-refractivity contribution in [3.05, 3.63) is 54.2 Å². The van der Waals surface area contributed by atoms with E-state index in [0.717, 1.165) is 11.6 Å². The van der Waals surface area contributed by atoms with Crippen LogP contribution in [-0.2, 0) is 6.18 Å². The van der Waals surface area contributed by atoms with Crippen molar-refractivity contribution >= 4 is 17.4 Å². The van der Waals surface area contributed by atoms with E-state index >= 15 is 0 Å². The minimum Gasteiger partial charge on any atom is -0.497 e. The molecule has 0 aliphatic carbocycles. The van der Waals surface area contributed by atoms with Crippen molar-refractivity contribution in [2.24, 2.45) is 0 Å².